The van der Waals surface area contributed by atoms with Crippen molar-refractivity contribution >= 4 is 92.7 Å². The molecule has 0 atom stereocenters. The molecule has 4 aromatic heterocycles. The lowest BCUT2D eigenvalue weighted by Crippen LogP contribution is -2.00. The predicted octanol–water partition coefficient (Wildman–Crippen LogP) is 12.1. The lowest BCUT2D eigenvalue weighted by molar-refractivity contribution is 1.15. The Balaban J connectivity index is 1.29. The minimum atomic E-state index is 0.987. The summed E-state index contributed by atoms with van der Waals surface area (Å²) in [6.07, 6.45) is 0. The third-order valence-corrected chi connectivity index (χ3v) is 11.0. The molecule has 0 spiro atoms. The molecule has 51 heavy (non-hydrogen) atoms. The van der Waals surface area contributed by atoms with E-state index in [1.54, 1.807) is 0 Å². The smallest absolute Gasteiger partial charge is 0.147 e. The zero-order chi connectivity index (χ0) is 33.2. The summed E-state index contributed by atoms with van der Waals surface area (Å²) in [6, 6.07) is 61.7. The van der Waals surface area contributed by atoms with Gasteiger partial charge in [-0.1, -0.05) is 121 Å². The second-order valence-corrected chi connectivity index (χ2v) is 13.6. The molecule has 0 N–H and O–H groups in total. The zero-order valence-corrected chi connectivity index (χ0v) is 27.5. The first-order chi connectivity index (χ1) is 25.3. The van der Waals surface area contributed by atoms with Gasteiger partial charge in [-0.05, 0) is 64.7 Å². The fourth-order valence-corrected chi connectivity index (χ4v) is 8.86. The number of imidazole rings is 1. The number of aromatic nitrogens is 4. The van der Waals surface area contributed by atoms with Gasteiger partial charge >= 0.3 is 0 Å². The molecule has 0 unspecified atom stereocenters. The molecule has 8 aromatic carbocycles. The van der Waals surface area contributed by atoms with Crippen LogP contribution in [0.1, 0.15) is 0 Å². The van der Waals surface area contributed by atoms with Gasteiger partial charge in [0.25, 0.3) is 0 Å². The number of para-hydroxylation sites is 5. The van der Waals surface area contributed by atoms with Crippen LogP contribution in [0.15, 0.2) is 170 Å². The first-order valence-electron chi connectivity index (χ1n) is 17.5. The quantitative estimate of drug-likeness (QED) is 0.171. The highest BCUT2D eigenvalue weighted by molar-refractivity contribution is 6.25. The van der Waals surface area contributed by atoms with Crippen molar-refractivity contribution in [1.82, 2.24) is 18.5 Å². The summed E-state index contributed by atoms with van der Waals surface area (Å²) in [6.45, 7) is 0. The van der Waals surface area contributed by atoms with Gasteiger partial charge in [0.1, 0.15) is 5.65 Å². The second-order valence-electron chi connectivity index (χ2n) is 13.6. The van der Waals surface area contributed by atoms with Crippen molar-refractivity contribution in [3.8, 4) is 11.4 Å². The van der Waals surface area contributed by atoms with Gasteiger partial charge in [-0.25, -0.2) is 4.98 Å². The number of rotatable bonds is 2. The van der Waals surface area contributed by atoms with Gasteiger partial charge in [-0.15, -0.1) is 0 Å². The van der Waals surface area contributed by atoms with Crippen LogP contribution >= 0.6 is 0 Å². The molecule has 0 radical (unpaired) electrons. The molecule has 4 heteroatoms. The Labute approximate surface area is 291 Å². The molecule has 0 fully saturated rings. The maximum Gasteiger partial charge on any atom is 0.147 e. The van der Waals surface area contributed by atoms with Crippen molar-refractivity contribution in [2.24, 2.45) is 0 Å². The van der Waals surface area contributed by atoms with Crippen LogP contribution in [-0.4, -0.2) is 18.5 Å². The van der Waals surface area contributed by atoms with E-state index in [1.807, 2.05) is 0 Å². The van der Waals surface area contributed by atoms with Gasteiger partial charge < -0.3 is 9.13 Å². The average Bonchev–Trinajstić information content (AvgIpc) is 3.86. The maximum absolute atomic E-state index is 5.30. The van der Waals surface area contributed by atoms with Crippen molar-refractivity contribution in [2.45, 2.75) is 0 Å². The summed E-state index contributed by atoms with van der Waals surface area (Å²) in [7, 11) is 0. The summed E-state index contributed by atoms with van der Waals surface area (Å²) < 4.78 is 7.32. The number of fused-ring (bicyclic) bond motifs is 17. The van der Waals surface area contributed by atoms with Crippen LogP contribution in [0.25, 0.3) is 104 Å². The molecule has 0 saturated heterocycles. The van der Waals surface area contributed by atoms with E-state index < -0.39 is 0 Å². The molecule has 0 amide bonds. The minimum Gasteiger partial charge on any atom is -0.307 e. The van der Waals surface area contributed by atoms with E-state index in [0.717, 1.165) is 33.6 Å². The van der Waals surface area contributed by atoms with Crippen LogP contribution in [0.5, 0.6) is 0 Å². The second kappa shape index (κ2) is 9.84. The van der Waals surface area contributed by atoms with E-state index in [4.69, 9.17) is 4.98 Å². The Bertz CT molecular complexity index is 3420. The van der Waals surface area contributed by atoms with Gasteiger partial charge in [0.05, 0.1) is 38.6 Å². The van der Waals surface area contributed by atoms with E-state index in [0.29, 0.717) is 0 Å². The Morgan fingerprint density at radius 1 is 0.353 bits per heavy atom. The molecule has 12 aromatic rings. The minimum absolute atomic E-state index is 0.987. The monoisotopic (exact) mass is 648 g/mol. The van der Waals surface area contributed by atoms with Crippen LogP contribution < -0.4 is 0 Å². The van der Waals surface area contributed by atoms with E-state index in [-0.39, 0.29) is 0 Å². The standard InChI is InChI=1S/C47H28N4/c1-2-13-30(14-3-1)49-40-19-9-6-16-33(40)37-26-27-38-34-17-7-10-20-41(34)50(46(38)45(37)49)31-23-25-35-36-24-22-29-12-4-5-15-32(29)44(36)47-48-39-18-8-11-21-42(39)51(47)43(35)28-31/h1-28H. The van der Waals surface area contributed by atoms with Crippen molar-refractivity contribution in [3.63, 3.8) is 0 Å². The molecule has 236 valence electrons. The Morgan fingerprint density at radius 3 is 1.65 bits per heavy atom. The normalized spacial score (nSPS) is 12.3. The fraction of sp³-hybridized carbons (Fsp3) is 0. The van der Waals surface area contributed by atoms with Crippen LogP contribution in [0, 0.1) is 0 Å². The lowest BCUT2D eigenvalue weighted by Gasteiger charge is -2.15. The first-order valence-corrected chi connectivity index (χ1v) is 17.5. The van der Waals surface area contributed by atoms with Crippen molar-refractivity contribution in [3.05, 3.63) is 170 Å². The Morgan fingerprint density at radius 2 is 0.902 bits per heavy atom. The van der Waals surface area contributed by atoms with Crippen LogP contribution in [0.3, 0.4) is 0 Å². The van der Waals surface area contributed by atoms with E-state index in [9.17, 15) is 0 Å². The zero-order valence-electron chi connectivity index (χ0n) is 27.5. The average molecular weight is 649 g/mol. The SMILES string of the molecule is c1ccc(-n2c3ccccc3c3ccc4c5ccccc5n(-c5ccc6c7ccc8ccccc8c7c7nc8ccccc8n7c6c5)c4c32)cc1. The highest BCUT2D eigenvalue weighted by Crippen LogP contribution is 2.43. The van der Waals surface area contributed by atoms with Gasteiger partial charge in [-0.3, -0.25) is 4.40 Å². The maximum atomic E-state index is 5.30. The van der Waals surface area contributed by atoms with E-state index in [2.05, 4.69) is 183 Å². The first kappa shape index (κ1) is 27.0. The molecule has 4 nitrogen and oxygen atoms in total. The summed E-state index contributed by atoms with van der Waals surface area (Å²) in [5.74, 6) is 0. The number of pyridine rings is 1. The van der Waals surface area contributed by atoms with Gasteiger partial charge in [0, 0.05) is 43.7 Å². The Hall–Kier alpha value is -6.91. The molecule has 4 heterocycles. The van der Waals surface area contributed by atoms with E-state index >= 15 is 0 Å². The lowest BCUT2D eigenvalue weighted by atomic mass is 9.99. The Kier molecular flexibility index (Phi) is 5.20. The summed E-state index contributed by atoms with van der Waals surface area (Å²) in [4.78, 5) is 5.30. The van der Waals surface area contributed by atoms with Crippen molar-refractivity contribution < 1.29 is 0 Å². The molecular formula is C47H28N4. The van der Waals surface area contributed by atoms with Crippen molar-refractivity contribution in [1.29, 1.82) is 0 Å². The number of hydrogen-bond acceptors (Lipinski definition) is 1. The van der Waals surface area contributed by atoms with Gasteiger partial charge in [0.15, 0.2) is 0 Å². The third-order valence-electron chi connectivity index (χ3n) is 11.0. The third kappa shape index (κ3) is 3.50. The number of hydrogen-bond donors (Lipinski definition) is 0. The van der Waals surface area contributed by atoms with E-state index in [1.165, 1.54) is 70.5 Å². The molecule has 0 aliphatic carbocycles. The van der Waals surface area contributed by atoms with Crippen LogP contribution in [0.2, 0.25) is 0 Å². The summed E-state index contributed by atoms with van der Waals surface area (Å²) in [5.41, 5.74) is 11.3. The number of benzene rings is 8. The topological polar surface area (TPSA) is 27.2 Å². The molecule has 0 bridgehead atoms. The van der Waals surface area contributed by atoms with Crippen LogP contribution in [-0.2, 0) is 0 Å². The summed E-state index contributed by atoms with van der Waals surface area (Å²) >= 11 is 0. The highest BCUT2D eigenvalue weighted by Gasteiger charge is 2.22. The van der Waals surface area contributed by atoms with Crippen molar-refractivity contribution in [2.75, 3.05) is 0 Å². The highest BCUT2D eigenvalue weighted by atomic mass is 15.1. The molecule has 0 saturated carbocycles. The fourth-order valence-electron chi connectivity index (χ4n) is 8.86. The van der Waals surface area contributed by atoms with Crippen LogP contribution in [0.4, 0.5) is 0 Å². The molecule has 0 aliphatic rings. The molecular weight excluding hydrogens is 621 g/mol. The number of nitrogens with zero attached hydrogens (tertiary/aromatic N) is 4. The predicted molar refractivity (Wildman–Crippen MR) is 214 cm³/mol. The largest absolute Gasteiger partial charge is 0.307 e. The van der Waals surface area contributed by atoms with Gasteiger partial charge in [0.2, 0.25) is 0 Å². The summed E-state index contributed by atoms with van der Waals surface area (Å²) in [5, 5.41) is 11.0. The molecule has 12 rings (SSSR count). The molecule has 0 aliphatic heterocycles. The van der Waals surface area contributed by atoms with Gasteiger partial charge in [-0.2, -0.15) is 0 Å².